The number of hydrogen-bond donors (Lipinski definition) is 0. The Morgan fingerprint density at radius 3 is 2.85 bits per heavy atom. The second-order valence-electron chi connectivity index (χ2n) is 2.86. The van der Waals surface area contributed by atoms with E-state index in [4.69, 9.17) is 4.74 Å². The number of rotatable bonds is 1. The lowest BCUT2D eigenvalue weighted by Crippen LogP contribution is -1.85. The largest absolute Gasteiger partial charge is 0.496 e. The van der Waals surface area contributed by atoms with Crippen LogP contribution in [0.5, 0.6) is 5.75 Å². The lowest BCUT2D eigenvalue weighted by Gasteiger charge is -2.04. The third-order valence-corrected chi connectivity index (χ3v) is 3.97. The van der Waals surface area contributed by atoms with Crippen LogP contribution in [0.1, 0.15) is 5.56 Å². The van der Waals surface area contributed by atoms with Gasteiger partial charge in [-0.05, 0) is 53.3 Å². The summed E-state index contributed by atoms with van der Waals surface area (Å²) in [6.45, 7) is 2.10. The number of benzene rings is 1. The van der Waals surface area contributed by atoms with Gasteiger partial charge in [0.2, 0.25) is 0 Å². The first-order valence-electron chi connectivity index (χ1n) is 3.95. The minimum absolute atomic E-state index is 0.974. The van der Waals surface area contributed by atoms with Crippen LogP contribution in [0.15, 0.2) is 18.2 Å². The summed E-state index contributed by atoms with van der Waals surface area (Å²) in [4.78, 5) is 0. The van der Waals surface area contributed by atoms with E-state index in [0.717, 1.165) is 5.75 Å². The number of hydrogen-bond acceptors (Lipinski definition) is 2. The first-order valence-corrected chi connectivity index (χ1v) is 5.84. The van der Waals surface area contributed by atoms with E-state index in [-0.39, 0.29) is 0 Å². The third-order valence-electron chi connectivity index (χ3n) is 2.11. The number of halogens is 1. The Morgan fingerprint density at radius 2 is 2.15 bits per heavy atom. The molecule has 2 aromatic rings. The number of thiophene rings is 1. The van der Waals surface area contributed by atoms with E-state index >= 15 is 0 Å². The van der Waals surface area contributed by atoms with Crippen molar-refractivity contribution < 1.29 is 4.74 Å². The monoisotopic (exact) mass is 304 g/mol. The molecule has 0 aliphatic carbocycles. The highest BCUT2D eigenvalue weighted by molar-refractivity contribution is 14.1. The fraction of sp³-hybridized carbons (Fsp3) is 0.200. The van der Waals surface area contributed by atoms with Crippen LogP contribution >= 0.6 is 33.9 Å². The topological polar surface area (TPSA) is 9.23 Å². The highest BCUT2D eigenvalue weighted by Gasteiger charge is 2.06. The molecule has 1 nitrogen and oxygen atoms in total. The molecule has 0 N–H and O–H groups in total. The molecule has 0 aliphatic rings. The minimum Gasteiger partial charge on any atom is -0.496 e. The van der Waals surface area contributed by atoms with Crippen LogP contribution in [0, 0.1) is 9.81 Å². The van der Waals surface area contributed by atoms with Gasteiger partial charge in [0.25, 0.3) is 0 Å². The molecule has 0 atom stereocenters. The highest BCUT2D eigenvalue weighted by atomic mass is 127. The summed E-state index contributed by atoms with van der Waals surface area (Å²) < 4.78 is 7.92. The molecule has 2 rings (SSSR count). The molecule has 0 saturated carbocycles. The normalized spacial score (nSPS) is 10.7. The molecule has 3 heteroatoms. The Balaban J connectivity index is 2.78. The van der Waals surface area contributed by atoms with Crippen molar-refractivity contribution >= 4 is 44.0 Å². The maximum absolute atomic E-state index is 5.26. The summed E-state index contributed by atoms with van der Waals surface area (Å²) in [5.41, 5.74) is 1.24. The zero-order valence-electron chi connectivity index (χ0n) is 7.43. The van der Waals surface area contributed by atoms with Crippen molar-refractivity contribution in [3.05, 3.63) is 26.6 Å². The summed E-state index contributed by atoms with van der Waals surface area (Å²) in [5.74, 6) is 0.974. The Morgan fingerprint density at radius 1 is 1.38 bits per heavy atom. The third kappa shape index (κ3) is 1.55. The molecule has 13 heavy (non-hydrogen) atoms. The second kappa shape index (κ2) is 3.46. The second-order valence-corrected chi connectivity index (χ2v) is 5.83. The van der Waals surface area contributed by atoms with Gasteiger partial charge >= 0.3 is 0 Å². The molecule has 0 amide bonds. The molecule has 0 spiro atoms. The fourth-order valence-electron chi connectivity index (χ4n) is 1.42. The number of ether oxygens (including phenoxy) is 1. The van der Waals surface area contributed by atoms with Crippen molar-refractivity contribution in [2.24, 2.45) is 0 Å². The predicted molar refractivity (Wildman–Crippen MR) is 65.8 cm³/mol. The van der Waals surface area contributed by atoms with Gasteiger partial charge in [0.1, 0.15) is 5.75 Å². The lowest BCUT2D eigenvalue weighted by molar-refractivity contribution is 0.412. The zero-order chi connectivity index (χ0) is 9.42. The minimum atomic E-state index is 0.974. The van der Waals surface area contributed by atoms with Crippen molar-refractivity contribution in [2.75, 3.05) is 7.11 Å². The van der Waals surface area contributed by atoms with E-state index in [0.29, 0.717) is 0 Å². The molecule has 68 valence electrons. The summed E-state index contributed by atoms with van der Waals surface area (Å²) in [5, 5.41) is 1.31. The number of aryl methyl sites for hydroxylation is 1. The Bertz CT molecular complexity index is 447. The molecule has 0 radical (unpaired) electrons. The molecule has 0 unspecified atom stereocenters. The van der Waals surface area contributed by atoms with Gasteiger partial charge in [-0.2, -0.15) is 0 Å². The Hall–Kier alpha value is -0.290. The van der Waals surface area contributed by atoms with E-state index in [1.807, 2.05) is 17.4 Å². The van der Waals surface area contributed by atoms with Gasteiger partial charge in [0, 0.05) is 10.1 Å². The van der Waals surface area contributed by atoms with Gasteiger partial charge in [-0.3, -0.25) is 0 Å². The average molecular weight is 304 g/mol. The van der Waals surface area contributed by atoms with Gasteiger partial charge in [0.15, 0.2) is 0 Å². The van der Waals surface area contributed by atoms with E-state index in [9.17, 15) is 0 Å². The van der Waals surface area contributed by atoms with Gasteiger partial charge in [-0.25, -0.2) is 0 Å². The summed E-state index contributed by atoms with van der Waals surface area (Å²) in [6.07, 6.45) is 0. The summed E-state index contributed by atoms with van der Waals surface area (Å²) in [6, 6.07) is 6.36. The highest BCUT2D eigenvalue weighted by Crippen LogP contribution is 2.33. The van der Waals surface area contributed by atoms with Crippen LogP contribution in [0.25, 0.3) is 10.1 Å². The van der Waals surface area contributed by atoms with Crippen LogP contribution in [0.2, 0.25) is 0 Å². The molecular formula is C10H9IOS. The molecule has 1 aromatic heterocycles. The van der Waals surface area contributed by atoms with E-state index in [1.54, 1.807) is 7.11 Å². The quantitative estimate of drug-likeness (QED) is 0.728. The molecule has 0 fully saturated rings. The average Bonchev–Trinajstić information content (AvgIpc) is 2.47. The lowest BCUT2D eigenvalue weighted by atomic mass is 10.1. The van der Waals surface area contributed by atoms with Gasteiger partial charge < -0.3 is 4.74 Å². The molecule has 1 aromatic carbocycles. The van der Waals surface area contributed by atoms with Crippen molar-refractivity contribution in [2.45, 2.75) is 6.92 Å². The van der Waals surface area contributed by atoms with Crippen molar-refractivity contribution in [3.8, 4) is 5.75 Å². The summed E-state index contributed by atoms with van der Waals surface area (Å²) in [7, 11) is 1.71. The molecule has 0 aliphatic heterocycles. The van der Waals surface area contributed by atoms with Gasteiger partial charge in [0.05, 0.1) is 9.99 Å². The van der Waals surface area contributed by atoms with E-state index in [2.05, 4.69) is 41.6 Å². The first kappa shape index (κ1) is 9.27. The number of methoxy groups -OCH3 is 1. The fourth-order valence-corrected chi connectivity index (χ4v) is 3.29. The number of fused-ring (bicyclic) bond motifs is 1. The van der Waals surface area contributed by atoms with Crippen molar-refractivity contribution in [3.63, 3.8) is 0 Å². The smallest absolute Gasteiger partial charge is 0.122 e. The van der Waals surface area contributed by atoms with Crippen LogP contribution in [-0.4, -0.2) is 7.11 Å². The molecular weight excluding hydrogens is 295 g/mol. The molecule has 1 heterocycles. The van der Waals surface area contributed by atoms with Crippen molar-refractivity contribution in [1.29, 1.82) is 0 Å². The first-order chi connectivity index (χ1) is 6.22. The SMILES string of the molecule is COc1ccc2sc(I)cc2c1C. The van der Waals surface area contributed by atoms with E-state index in [1.165, 1.54) is 18.5 Å². The standard InChI is InChI=1S/C10H9IOS/c1-6-7-5-10(11)13-9(7)4-3-8(6)12-2/h3-5H,1-2H3. The van der Waals surface area contributed by atoms with Crippen LogP contribution in [0.3, 0.4) is 0 Å². The van der Waals surface area contributed by atoms with Crippen molar-refractivity contribution in [1.82, 2.24) is 0 Å². The Labute approximate surface area is 94.9 Å². The van der Waals surface area contributed by atoms with Crippen LogP contribution < -0.4 is 4.74 Å². The molecule has 0 bridgehead atoms. The zero-order valence-corrected chi connectivity index (χ0v) is 10.4. The van der Waals surface area contributed by atoms with E-state index < -0.39 is 0 Å². The predicted octanol–water partition coefficient (Wildman–Crippen LogP) is 3.82. The molecule has 0 saturated heterocycles. The maximum Gasteiger partial charge on any atom is 0.122 e. The van der Waals surface area contributed by atoms with Gasteiger partial charge in [-0.1, -0.05) is 0 Å². The Kier molecular flexibility index (Phi) is 2.47. The van der Waals surface area contributed by atoms with Crippen LogP contribution in [0.4, 0.5) is 0 Å². The van der Waals surface area contributed by atoms with Crippen LogP contribution in [-0.2, 0) is 0 Å². The summed E-state index contributed by atoms with van der Waals surface area (Å²) >= 11 is 4.17. The maximum atomic E-state index is 5.26. The van der Waals surface area contributed by atoms with Gasteiger partial charge in [-0.15, -0.1) is 11.3 Å².